The molecule has 1 amide bonds. The molecule has 3 N–H and O–H groups in total. The number of aliphatic hydroxyl groups is 1. The maximum atomic E-state index is 12.7. The summed E-state index contributed by atoms with van der Waals surface area (Å²) in [4.78, 5) is 31.6. The van der Waals surface area contributed by atoms with Crippen LogP contribution in [0.3, 0.4) is 0 Å². The first kappa shape index (κ1) is 25.3. The van der Waals surface area contributed by atoms with Gasteiger partial charge in [0.2, 0.25) is 11.8 Å². The molecule has 7 rings (SSSR count). The predicted molar refractivity (Wildman–Crippen MR) is 153 cm³/mol. The van der Waals surface area contributed by atoms with E-state index in [9.17, 15) is 9.90 Å². The van der Waals surface area contributed by atoms with Crippen LogP contribution in [-0.4, -0.2) is 68.3 Å². The molecule has 3 aromatic heterocycles. The maximum absolute atomic E-state index is 12.7. The number of aromatic nitrogens is 4. The zero-order valence-electron chi connectivity index (χ0n) is 22.8. The summed E-state index contributed by atoms with van der Waals surface area (Å²) in [7, 11) is 1.55. The van der Waals surface area contributed by atoms with Gasteiger partial charge in [-0.05, 0) is 61.6 Å². The second-order valence-corrected chi connectivity index (χ2v) is 10.6. The largest absolute Gasteiger partial charge is 0.495 e. The average molecular weight is 555 g/mol. The number of oxazole rings is 1. The molecule has 0 unspecified atom stereocenters. The molecule has 1 saturated heterocycles. The summed E-state index contributed by atoms with van der Waals surface area (Å²) in [5, 5.41) is 13.4. The van der Waals surface area contributed by atoms with Crippen molar-refractivity contribution >= 4 is 39.7 Å². The molecule has 11 nitrogen and oxygen atoms in total. The van der Waals surface area contributed by atoms with Gasteiger partial charge in [-0.1, -0.05) is 6.07 Å². The highest BCUT2D eigenvalue weighted by Gasteiger charge is 2.38. The highest BCUT2D eigenvalue weighted by atomic mass is 16.5. The second kappa shape index (κ2) is 10.1. The number of nitrogens with one attached hydrogen (secondary N) is 2. The molecule has 0 radical (unpaired) electrons. The van der Waals surface area contributed by atoms with Crippen molar-refractivity contribution in [3.63, 3.8) is 0 Å². The summed E-state index contributed by atoms with van der Waals surface area (Å²) >= 11 is 0. The van der Waals surface area contributed by atoms with Crippen LogP contribution in [0.1, 0.15) is 41.9 Å². The van der Waals surface area contributed by atoms with Crippen LogP contribution in [-0.2, 0) is 0 Å². The summed E-state index contributed by atoms with van der Waals surface area (Å²) in [5.74, 6) is 1.78. The molecular formula is C30H30N6O5. The average Bonchev–Trinajstić information content (AvgIpc) is 3.26. The number of aliphatic hydroxyl groups excluding tert-OH is 1. The minimum Gasteiger partial charge on any atom is -0.495 e. The maximum Gasteiger partial charge on any atom is 0.254 e. The van der Waals surface area contributed by atoms with Gasteiger partial charge in [-0.25, -0.2) is 4.98 Å². The number of ether oxygens (including phenoxy) is 2. The van der Waals surface area contributed by atoms with Gasteiger partial charge in [-0.2, -0.15) is 9.97 Å². The van der Waals surface area contributed by atoms with E-state index in [1.807, 2.05) is 31.3 Å². The third-order valence-electron chi connectivity index (χ3n) is 7.77. The van der Waals surface area contributed by atoms with Crippen molar-refractivity contribution in [2.75, 3.05) is 25.6 Å². The van der Waals surface area contributed by atoms with Gasteiger partial charge in [0, 0.05) is 30.8 Å². The van der Waals surface area contributed by atoms with Crippen molar-refractivity contribution in [1.82, 2.24) is 24.8 Å². The molecule has 1 aliphatic carbocycles. The number of anilines is 2. The molecule has 1 aliphatic heterocycles. The van der Waals surface area contributed by atoms with Gasteiger partial charge in [0.05, 0.1) is 30.8 Å². The van der Waals surface area contributed by atoms with E-state index in [0.717, 1.165) is 47.7 Å². The fourth-order valence-corrected chi connectivity index (χ4v) is 5.54. The summed E-state index contributed by atoms with van der Waals surface area (Å²) < 4.78 is 17.9. The number of rotatable bonds is 8. The molecule has 210 valence electrons. The van der Waals surface area contributed by atoms with Crippen molar-refractivity contribution in [3.8, 4) is 22.8 Å². The van der Waals surface area contributed by atoms with E-state index in [2.05, 4.69) is 15.3 Å². The lowest BCUT2D eigenvalue weighted by Gasteiger charge is -2.16. The van der Waals surface area contributed by atoms with Gasteiger partial charge in [0.25, 0.3) is 5.91 Å². The van der Waals surface area contributed by atoms with E-state index in [4.69, 9.17) is 23.9 Å². The minimum absolute atomic E-state index is 0.0393. The lowest BCUT2D eigenvalue weighted by atomic mass is 10.1. The number of H-pyrrole nitrogens is 1. The standard InChI is InChI=1S/C30H30N6O5/c1-16-32-23-9-7-17(11-25(23)40-16)21-13-31-27-26(21)28(41-20-5-3-4-6-20)35-30(34-27)33-22-10-8-18(12-24(22)39-2)29(38)36-14-19(36)15-37/h7-13,19-20,37H,3-6,14-15H2,1-2H3,(H2,31,33,34,35)/t19-,36?/m0/s1. The molecule has 1 saturated carbocycles. The molecule has 4 heterocycles. The molecule has 2 aliphatic rings. The Hall–Kier alpha value is -4.64. The van der Waals surface area contributed by atoms with Gasteiger partial charge >= 0.3 is 0 Å². The van der Waals surface area contributed by atoms with Crippen molar-refractivity contribution in [2.45, 2.75) is 44.8 Å². The van der Waals surface area contributed by atoms with Gasteiger partial charge in [-0.3, -0.25) is 4.79 Å². The molecule has 41 heavy (non-hydrogen) atoms. The molecule has 2 aromatic carbocycles. The summed E-state index contributed by atoms with van der Waals surface area (Å²) in [6.45, 7) is 2.35. The molecule has 2 fully saturated rings. The van der Waals surface area contributed by atoms with E-state index in [-0.39, 0.29) is 24.7 Å². The first-order valence-electron chi connectivity index (χ1n) is 13.8. The normalized spacial score (nSPS) is 17.0. The fraction of sp³-hybridized carbons (Fsp3) is 0.333. The second-order valence-electron chi connectivity index (χ2n) is 10.6. The van der Waals surface area contributed by atoms with Crippen molar-refractivity contribution in [3.05, 3.63) is 54.0 Å². The van der Waals surface area contributed by atoms with E-state index in [1.54, 1.807) is 30.2 Å². The van der Waals surface area contributed by atoms with Crippen molar-refractivity contribution in [1.29, 1.82) is 0 Å². The van der Waals surface area contributed by atoms with Crippen LogP contribution in [0.25, 0.3) is 33.3 Å². The summed E-state index contributed by atoms with van der Waals surface area (Å²) in [6.07, 6.45) is 6.21. The number of hydrogen-bond donors (Lipinski definition) is 3. The third-order valence-corrected chi connectivity index (χ3v) is 7.77. The predicted octanol–water partition coefficient (Wildman–Crippen LogP) is 4.96. The van der Waals surface area contributed by atoms with E-state index in [1.165, 1.54) is 0 Å². The molecule has 1 atom stereocenters. The Morgan fingerprint density at radius 3 is 2.80 bits per heavy atom. The number of aryl methyl sites for hydroxylation is 1. The van der Waals surface area contributed by atoms with Crippen LogP contribution in [0, 0.1) is 6.92 Å². The number of carbonyl (C=O) groups excluding carboxylic acids is 1. The smallest absolute Gasteiger partial charge is 0.254 e. The Morgan fingerprint density at radius 2 is 2.02 bits per heavy atom. The number of hydrogen-bond acceptors (Lipinski definition) is 9. The van der Waals surface area contributed by atoms with Crippen LogP contribution in [0.15, 0.2) is 47.0 Å². The van der Waals surface area contributed by atoms with Gasteiger partial charge in [0.1, 0.15) is 23.0 Å². The number of methoxy groups -OCH3 is 1. The van der Waals surface area contributed by atoms with E-state index < -0.39 is 0 Å². The third kappa shape index (κ3) is 4.71. The Labute approximate surface area is 235 Å². The Bertz CT molecular complexity index is 1770. The number of nitrogens with zero attached hydrogens (tertiary/aromatic N) is 4. The van der Waals surface area contributed by atoms with Gasteiger partial charge in [0.15, 0.2) is 11.5 Å². The lowest BCUT2D eigenvalue weighted by Crippen LogP contribution is -2.15. The van der Waals surface area contributed by atoms with Crippen molar-refractivity contribution in [2.24, 2.45) is 0 Å². The van der Waals surface area contributed by atoms with Crippen molar-refractivity contribution < 1.29 is 23.8 Å². The number of benzene rings is 2. The zero-order valence-corrected chi connectivity index (χ0v) is 22.8. The molecule has 5 aromatic rings. The van der Waals surface area contributed by atoms with Crippen LogP contribution in [0.5, 0.6) is 11.6 Å². The topological polar surface area (TPSA) is 138 Å². The van der Waals surface area contributed by atoms with E-state index >= 15 is 0 Å². The molecule has 0 spiro atoms. The first-order valence-corrected chi connectivity index (χ1v) is 13.8. The number of carbonyl (C=O) groups is 1. The van der Waals surface area contributed by atoms with E-state index in [0.29, 0.717) is 52.5 Å². The lowest BCUT2D eigenvalue weighted by molar-refractivity contribution is 0.0862. The van der Waals surface area contributed by atoms with Gasteiger partial charge < -0.3 is 34.2 Å². The highest BCUT2D eigenvalue weighted by Crippen LogP contribution is 2.38. The number of amides is 1. The monoisotopic (exact) mass is 554 g/mol. The quantitative estimate of drug-likeness (QED) is 0.227. The first-order chi connectivity index (χ1) is 20.0. The highest BCUT2D eigenvalue weighted by molar-refractivity contribution is 5.99. The molecule has 0 bridgehead atoms. The molecule has 11 heteroatoms. The van der Waals surface area contributed by atoms with Crippen LogP contribution >= 0.6 is 0 Å². The summed E-state index contributed by atoms with van der Waals surface area (Å²) in [5.41, 5.74) is 5.09. The van der Waals surface area contributed by atoms with Crippen LogP contribution < -0.4 is 14.8 Å². The number of aromatic amines is 1. The van der Waals surface area contributed by atoms with Crippen LogP contribution in [0.4, 0.5) is 11.6 Å². The molecular weight excluding hydrogens is 524 g/mol. The number of fused-ring (bicyclic) bond motifs is 2. The summed E-state index contributed by atoms with van der Waals surface area (Å²) in [6, 6.07) is 11.0. The fourth-order valence-electron chi connectivity index (χ4n) is 5.54. The Morgan fingerprint density at radius 1 is 1.17 bits per heavy atom. The zero-order chi connectivity index (χ0) is 28.1. The van der Waals surface area contributed by atoms with Crippen LogP contribution in [0.2, 0.25) is 0 Å². The Balaban J connectivity index is 1.25. The van der Waals surface area contributed by atoms with Gasteiger partial charge in [-0.15, -0.1) is 0 Å². The SMILES string of the molecule is COc1cc(C(=O)N2C[C@H]2CO)ccc1Nc1nc(OC2CCCC2)c2c(-c3ccc4nc(C)oc4c3)c[nH]c2n1. The minimum atomic E-state index is -0.142. The Kier molecular flexibility index (Phi) is 6.23.